The van der Waals surface area contributed by atoms with Crippen LogP contribution in [0.2, 0.25) is 0 Å². The van der Waals surface area contributed by atoms with Crippen LogP contribution in [-0.4, -0.2) is 38.9 Å². The van der Waals surface area contributed by atoms with E-state index in [-0.39, 0.29) is 18.9 Å². The predicted molar refractivity (Wildman–Crippen MR) is 79.7 cm³/mol. The summed E-state index contributed by atoms with van der Waals surface area (Å²) in [5.41, 5.74) is 0. The van der Waals surface area contributed by atoms with Crippen LogP contribution in [0.15, 0.2) is 27.6 Å². The predicted octanol–water partition coefficient (Wildman–Crippen LogP) is 1.88. The second-order valence-corrected chi connectivity index (χ2v) is 7.46. The smallest absolute Gasteiger partial charge is 0.243 e. The van der Waals surface area contributed by atoms with Crippen LogP contribution in [0.25, 0.3) is 0 Å². The highest BCUT2D eigenvalue weighted by Crippen LogP contribution is 2.19. The highest BCUT2D eigenvalue weighted by molar-refractivity contribution is 9.10. The van der Waals surface area contributed by atoms with Gasteiger partial charge in [-0.3, -0.25) is 4.79 Å². The van der Waals surface area contributed by atoms with Crippen molar-refractivity contribution in [2.24, 2.45) is 0 Å². The summed E-state index contributed by atoms with van der Waals surface area (Å²) in [6.45, 7) is 1.42. The van der Waals surface area contributed by atoms with E-state index < -0.39 is 20.7 Å². The summed E-state index contributed by atoms with van der Waals surface area (Å²) >= 11 is 3.07. The van der Waals surface area contributed by atoms with Crippen LogP contribution < -0.4 is 4.72 Å². The van der Waals surface area contributed by atoms with Crippen molar-refractivity contribution in [1.29, 1.82) is 0 Å². The van der Waals surface area contributed by atoms with Gasteiger partial charge in [0.25, 0.3) is 0 Å². The lowest BCUT2D eigenvalue weighted by atomic mass is 10.3. The van der Waals surface area contributed by atoms with Gasteiger partial charge in [-0.1, -0.05) is 15.9 Å². The molecule has 1 amide bonds. The summed E-state index contributed by atoms with van der Waals surface area (Å²) in [5.74, 6) is -0.908. The number of likely N-dealkylation sites (tertiary alicyclic amines) is 1. The number of sulfonamides is 1. The van der Waals surface area contributed by atoms with Gasteiger partial charge in [0.2, 0.25) is 15.9 Å². The van der Waals surface area contributed by atoms with Crippen LogP contribution in [-0.2, 0) is 14.8 Å². The van der Waals surface area contributed by atoms with Gasteiger partial charge in [-0.25, -0.2) is 17.5 Å². The molecule has 5 nitrogen and oxygen atoms in total. The van der Waals surface area contributed by atoms with Gasteiger partial charge in [0.05, 0.1) is 0 Å². The first-order chi connectivity index (χ1) is 9.90. The third-order valence-corrected chi connectivity index (χ3v) is 5.26. The van der Waals surface area contributed by atoms with Crippen LogP contribution in [0.1, 0.15) is 19.3 Å². The molecule has 1 aromatic rings. The molecule has 1 aliphatic heterocycles. The van der Waals surface area contributed by atoms with Gasteiger partial charge in [0, 0.05) is 30.5 Å². The Morgan fingerprint density at radius 1 is 1.33 bits per heavy atom. The summed E-state index contributed by atoms with van der Waals surface area (Å²) < 4.78 is 40.3. The number of hydrogen-bond donors (Lipinski definition) is 1. The number of carbonyl (C=O) groups excluding carboxylic acids is 1. The van der Waals surface area contributed by atoms with E-state index in [1.165, 1.54) is 12.1 Å². The molecule has 1 aromatic carbocycles. The van der Waals surface area contributed by atoms with Gasteiger partial charge < -0.3 is 4.90 Å². The summed E-state index contributed by atoms with van der Waals surface area (Å²) in [4.78, 5) is 13.1. The van der Waals surface area contributed by atoms with Crippen LogP contribution in [0.4, 0.5) is 4.39 Å². The molecule has 0 atom stereocenters. The maximum absolute atomic E-state index is 13.7. The molecule has 0 radical (unpaired) electrons. The molecule has 0 aromatic heterocycles. The molecule has 1 saturated heterocycles. The van der Waals surface area contributed by atoms with E-state index in [2.05, 4.69) is 20.7 Å². The monoisotopic (exact) mass is 378 g/mol. The molecular weight excluding hydrogens is 363 g/mol. The summed E-state index contributed by atoms with van der Waals surface area (Å²) in [6, 6.07) is 3.72. The van der Waals surface area contributed by atoms with Crippen molar-refractivity contribution in [3.63, 3.8) is 0 Å². The van der Waals surface area contributed by atoms with E-state index in [1.807, 2.05) is 0 Å². The third kappa shape index (κ3) is 4.24. The van der Waals surface area contributed by atoms with Crippen LogP contribution in [0, 0.1) is 5.82 Å². The number of nitrogens with zero attached hydrogens (tertiary/aromatic N) is 1. The van der Waals surface area contributed by atoms with Crippen LogP contribution in [0.3, 0.4) is 0 Å². The molecule has 1 aliphatic rings. The van der Waals surface area contributed by atoms with E-state index in [4.69, 9.17) is 0 Å². The molecule has 0 bridgehead atoms. The van der Waals surface area contributed by atoms with E-state index >= 15 is 0 Å². The zero-order valence-electron chi connectivity index (χ0n) is 11.3. The van der Waals surface area contributed by atoms with E-state index in [9.17, 15) is 17.6 Å². The third-order valence-electron chi connectivity index (χ3n) is 3.27. The fourth-order valence-electron chi connectivity index (χ4n) is 2.19. The minimum absolute atomic E-state index is 0.0346. The lowest BCUT2D eigenvalue weighted by molar-refractivity contribution is -0.129. The molecule has 0 spiro atoms. The van der Waals surface area contributed by atoms with Gasteiger partial charge in [-0.05, 0) is 31.0 Å². The van der Waals surface area contributed by atoms with Gasteiger partial charge >= 0.3 is 0 Å². The number of nitrogens with one attached hydrogen (secondary N) is 1. The summed E-state index contributed by atoms with van der Waals surface area (Å²) in [7, 11) is -3.94. The Hall–Kier alpha value is -0.990. The number of halogens is 2. The normalized spacial score (nSPS) is 15.4. The topological polar surface area (TPSA) is 66.5 Å². The van der Waals surface area contributed by atoms with Crippen LogP contribution in [0.5, 0.6) is 0 Å². The zero-order valence-corrected chi connectivity index (χ0v) is 13.7. The molecule has 0 aliphatic carbocycles. The molecule has 21 heavy (non-hydrogen) atoms. The van der Waals surface area contributed by atoms with Crippen molar-refractivity contribution in [2.45, 2.75) is 24.2 Å². The Morgan fingerprint density at radius 3 is 2.62 bits per heavy atom. The SMILES string of the molecule is O=C(CCNS(=O)(=O)c1ccc(Br)cc1F)N1CCCC1. The molecule has 8 heteroatoms. The number of carbonyl (C=O) groups is 1. The Bertz CT molecular complexity index is 630. The Balaban J connectivity index is 1.93. The summed E-state index contributed by atoms with van der Waals surface area (Å²) in [5, 5.41) is 0. The highest BCUT2D eigenvalue weighted by Gasteiger charge is 2.21. The molecule has 0 saturated carbocycles. The van der Waals surface area contributed by atoms with Gasteiger partial charge in [-0.2, -0.15) is 0 Å². The maximum Gasteiger partial charge on any atom is 0.243 e. The Labute approximate surface area is 131 Å². The lowest BCUT2D eigenvalue weighted by Gasteiger charge is -2.15. The molecule has 1 heterocycles. The molecule has 1 N–H and O–H groups in total. The zero-order chi connectivity index (χ0) is 15.5. The van der Waals surface area contributed by atoms with Gasteiger partial charge in [0.15, 0.2) is 0 Å². The Kier molecular flexibility index (Phi) is 5.34. The van der Waals surface area contributed by atoms with Gasteiger partial charge in [-0.15, -0.1) is 0 Å². The van der Waals surface area contributed by atoms with Gasteiger partial charge in [0.1, 0.15) is 10.7 Å². The minimum Gasteiger partial charge on any atom is -0.343 e. The van der Waals surface area contributed by atoms with E-state index in [0.717, 1.165) is 32.0 Å². The summed E-state index contributed by atoms with van der Waals surface area (Å²) in [6.07, 6.45) is 2.06. The Morgan fingerprint density at radius 2 is 2.00 bits per heavy atom. The number of benzene rings is 1. The van der Waals surface area contributed by atoms with Crippen molar-refractivity contribution >= 4 is 31.9 Å². The number of hydrogen-bond acceptors (Lipinski definition) is 3. The van der Waals surface area contributed by atoms with Crippen molar-refractivity contribution < 1.29 is 17.6 Å². The second-order valence-electron chi connectivity index (χ2n) is 4.81. The fourth-order valence-corrected chi connectivity index (χ4v) is 3.61. The number of rotatable bonds is 5. The van der Waals surface area contributed by atoms with E-state index in [0.29, 0.717) is 4.47 Å². The first-order valence-corrected chi connectivity index (χ1v) is 8.90. The highest BCUT2D eigenvalue weighted by atomic mass is 79.9. The second kappa shape index (κ2) is 6.85. The fraction of sp³-hybridized carbons (Fsp3) is 0.462. The standard InChI is InChI=1S/C13H16BrFN2O3S/c14-10-3-4-12(11(15)9-10)21(19,20)16-6-5-13(18)17-7-1-2-8-17/h3-4,9,16H,1-2,5-8H2. The first kappa shape index (κ1) is 16.4. The van der Waals surface area contributed by atoms with Crippen molar-refractivity contribution in [1.82, 2.24) is 9.62 Å². The minimum atomic E-state index is -3.94. The van der Waals surface area contributed by atoms with Crippen molar-refractivity contribution in [3.05, 3.63) is 28.5 Å². The van der Waals surface area contributed by atoms with Crippen LogP contribution >= 0.6 is 15.9 Å². The molecule has 116 valence electrons. The van der Waals surface area contributed by atoms with E-state index in [1.54, 1.807) is 4.90 Å². The molecule has 0 unspecified atom stereocenters. The largest absolute Gasteiger partial charge is 0.343 e. The molecular formula is C13H16BrFN2O3S. The molecule has 2 rings (SSSR count). The lowest BCUT2D eigenvalue weighted by Crippen LogP contribution is -2.33. The average Bonchev–Trinajstić information content (AvgIpc) is 2.91. The quantitative estimate of drug-likeness (QED) is 0.850. The average molecular weight is 379 g/mol. The first-order valence-electron chi connectivity index (χ1n) is 6.62. The maximum atomic E-state index is 13.7. The molecule has 1 fully saturated rings. The van der Waals surface area contributed by atoms with Crippen molar-refractivity contribution in [3.8, 4) is 0 Å². The van der Waals surface area contributed by atoms with Crippen molar-refractivity contribution in [2.75, 3.05) is 19.6 Å². The number of amides is 1.